The van der Waals surface area contributed by atoms with Gasteiger partial charge in [-0.1, -0.05) is 54.6 Å². The number of rotatable bonds is 7. The lowest BCUT2D eigenvalue weighted by Gasteiger charge is -2.04. The largest absolute Gasteiger partial charge is 0.490 e. The normalized spacial score (nSPS) is 11.3. The third-order valence-electron chi connectivity index (χ3n) is 5.87. The number of carboxylic acid groups (broad SMARTS) is 1. The second kappa shape index (κ2) is 12.1. The lowest BCUT2D eigenvalue weighted by Crippen LogP contribution is -2.21. The summed E-state index contributed by atoms with van der Waals surface area (Å²) in [5.74, 6) is -1.84. The number of thiophene rings is 1. The van der Waals surface area contributed by atoms with Gasteiger partial charge in [0.1, 0.15) is 5.82 Å². The van der Waals surface area contributed by atoms with Gasteiger partial charge >= 0.3 is 12.1 Å². The minimum absolute atomic E-state index is 0.667. The number of fused-ring (bicyclic) bond motifs is 1. The van der Waals surface area contributed by atoms with Crippen LogP contribution in [0.4, 0.5) is 13.2 Å². The Morgan fingerprint density at radius 1 is 0.902 bits per heavy atom. The first-order valence-electron chi connectivity index (χ1n) is 12.4. The fourth-order valence-electron chi connectivity index (χ4n) is 3.87. The van der Waals surface area contributed by atoms with Crippen molar-refractivity contribution in [3.05, 3.63) is 108 Å². The van der Waals surface area contributed by atoms with Crippen LogP contribution in [-0.2, 0) is 17.9 Å². The van der Waals surface area contributed by atoms with Crippen LogP contribution in [0.25, 0.3) is 37.9 Å². The first-order valence-corrected chi connectivity index (χ1v) is 13.2. The Balaban J connectivity index is 0.000000431. The first-order chi connectivity index (χ1) is 19.8. The number of para-hydroxylation sites is 3. The second-order valence-electron chi connectivity index (χ2n) is 8.83. The Labute approximate surface area is 236 Å². The van der Waals surface area contributed by atoms with Gasteiger partial charge in [-0.25, -0.2) is 9.78 Å². The molecule has 0 radical (unpaired) electrons. The van der Waals surface area contributed by atoms with Gasteiger partial charge in [0, 0.05) is 18.0 Å². The van der Waals surface area contributed by atoms with Gasteiger partial charge in [-0.3, -0.25) is 0 Å². The molecule has 8 nitrogen and oxygen atoms in total. The molecule has 0 atom stereocenters. The molecule has 0 fully saturated rings. The number of carboxylic acids is 1. The summed E-state index contributed by atoms with van der Waals surface area (Å²) in [5.41, 5.74) is 6.37. The van der Waals surface area contributed by atoms with E-state index in [9.17, 15) is 13.2 Å². The number of H-pyrrole nitrogens is 1. The number of aliphatic carboxylic acids is 1. The van der Waals surface area contributed by atoms with Gasteiger partial charge in [-0.15, -0.1) is 11.3 Å². The van der Waals surface area contributed by atoms with Crippen molar-refractivity contribution in [1.82, 2.24) is 30.3 Å². The molecule has 3 aromatic heterocycles. The van der Waals surface area contributed by atoms with Crippen molar-refractivity contribution in [2.24, 2.45) is 0 Å². The van der Waals surface area contributed by atoms with Gasteiger partial charge in [-0.2, -0.15) is 28.2 Å². The van der Waals surface area contributed by atoms with E-state index in [1.807, 2.05) is 48.5 Å². The Morgan fingerprint density at radius 2 is 1.59 bits per heavy atom. The summed E-state index contributed by atoms with van der Waals surface area (Å²) >= 11 is 1.75. The van der Waals surface area contributed by atoms with Crippen LogP contribution in [0.1, 0.15) is 11.3 Å². The topological polar surface area (TPSA) is 109 Å². The highest BCUT2D eigenvalue weighted by molar-refractivity contribution is 7.18. The molecular weight excluding hydrogens is 553 g/mol. The van der Waals surface area contributed by atoms with E-state index in [2.05, 4.69) is 63.0 Å². The molecule has 3 aromatic carbocycles. The maximum absolute atomic E-state index is 10.6. The summed E-state index contributed by atoms with van der Waals surface area (Å²) in [5, 5.41) is 19.5. The van der Waals surface area contributed by atoms with Gasteiger partial charge in [0.25, 0.3) is 0 Å². The summed E-state index contributed by atoms with van der Waals surface area (Å²) in [6.45, 7) is 1.44. The van der Waals surface area contributed by atoms with Crippen molar-refractivity contribution >= 4 is 28.3 Å². The Hall–Kier alpha value is -4.81. The van der Waals surface area contributed by atoms with Gasteiger partial charge in [0.05, 0.1) is 33.5 Å². The summed E-state index contributed by atoms with van der Waals surface area (Å²) in [6.07, 6.45) is -3.28. The van der Waals surface area contributed by atoms with Gasteiger partial charge < -0.3 is 15.4 Å². The van der Waals surface area contributed by atoms with Gasteiger partial charge in [-0.05, 0) is 47.5 Å². The molecule has 0 aliphatic carbocycles. The van der Waals surface area contributed by atoms with Crippen molar-refractivity contribution in [3.63, 3.8) is 0 Å². The molecule has 6 aromatic rings. The van der Waals surface area contributed by atoms with E-state index in [1.165, 1.54) is 16.0 Å². The maximum Gasteiger partial charge on any atom is 0.490 e. The number of hydrogen-bond donors (Lipinski definition) is 3. The van der Waals surface area contributed by atoms with Crippen molar-refractivity contribution in [2.45, 2.75) is 19.3 Å². The number of nitrogens with one attached hydrogen (secondary N) is 2. The van der Waals surface area contributed by atoms with Crippen LogP contribution in [0.5, 0.6) is 0 Å². The number of halogens is 3. The lowest BCUT2D eigenvalue weighted by molar-refractivity contribution is -0.192. The number of imidazole rings is 1. The van der Waals surface area contributed by atoms with Gasteiger partial charge in [0.2, 0.25) is 0 Å². The molecule has 208 valence electrons. The Kier molecular flexibility index (Phi) is 8.22. The van der Waals surface area contributed by atoms with Crippen molar-refractivity contribution < 1.29 is 23.1 Å². The molecule has 0 aliphatic heterocycles. The molecular formula is C29H23F3N6O2S. The zero-order valence-corrected chi connectivity index (χ0v) is 22.2. The summed E-state index contributed by atoms with van der Waals surface area (Å²) < 4.78 is 31.7. The van der Waals surface area contributed by atoms with Crippen molar-refractivity contribution in [2.75, 3.05) is 0 Å². The predicted octanol–water partition coefficient (Wildman–Crippen LogP) is 6.46. The molecule has 12 heteroatoms. The Morgan fingerprint density at radius 3 is 2.29 bits per heavy atom. The van der Waals surface area contributed by atoms with Crippen molar-refractivity contribution in [1.29, 1.82) is 0 Å². The molecule has 0 aliphatic rings. The number of benzene rings is 3. The first kappa shape index (κ1) is 27.7. The maximum atomic E-state index is 10.6. The standard InChI is InChI=1S/C27H22N6S.C2HF3O2/c1-2-6-22(7-3-1)33-29-18-21(32-33)17-28-16-19-10-12-20(13-11-19)25-14-15-26(34-25)27-30-23-8-4-5-9-24(23)31-27;3-2(4,5)1(6)7/h1-15,18,28H,16-17H2,(H,30,31);(H,6,7). The number of aromatic amines is 1. The van der Waals surface area contributed by atoms with Crippen LogP contribution in [0.2, 0.25) is 0 Å². The SMILES string of the molecule is O=C(O)C(F)(F)F.c1ccc(-n2ncc(CNCc3ccc(-c4ccc(-c5nc6ccccc6[nH]5)s4)cc3)n2)cc1. The predicted molar refractivity (Wildman–Crippen MR) is 150 cm³/mol. The van der Waals surface area contributed by atoms with Gasteiger partial charge in [0.15, 0.2) is 0 Å². The minimum atomic E-state index is -5.08. The number of hydrogen-bond acceptors (Lipinski definition) is 6. The van der Waals surface area contributed by atoms with E-state index in [4.69, 9.17) is 14.9 Å². The molecule has 6 rings (SSSR count). The number of nitrogens with zero attached hydrogens (tertiary/aromatic N) is 4. The molecule has 0 bridgehead atoms. The van der Waals surface area contributed by atoms with E-state index in [-0.39, 0.29) is 0 Å². The Bertz CT molecular complexity index is 1710. The van der Waals surface area contributed by atoms with Crippen LogP contribution >= 0.6 is 11.3 Å². The van der Waals surface area contributed by atoms with Crippen molar-refractivity contribution in [3.8, 4) is 26.8 Å². The average Bonchev–Trinajstić information content (AvgIpc) is 3.73. The summed E-state index contributed by atoms with van der Waals surface area (Å²) in [6, 6.07) is 31.0. The highest BCUT2D eigenvalue weighted by Crippen LogP contribution is 2.34. The smallest absolute Gasteiger partial charge is 0.475 e. The van der Waals surface area contributed by atoms with E-state index in [1.54, 1.807) is 22.3 Å². The molecule has 0 spiro atoms. The monoisotopic (exact) mass is 576 g/mol. The van der Waals surface area contributed by atoms with Crippen LogP contribution < -0.4 is 5.32 Å². The van der Waals surface area contributed by atoms with Crippen LogP contribution in [0.15, 0.2) is 97.2 Å². The number of alkyl halides is 3. The molecule has 0 amide bonds. The average molecular weight is 577 g/mol. The van der Waals surface area contributed by atoms with E-state index in [0.717, 1.165) is 39.7 Å². The second-order valence-corrected chi connectivity index (χ2v) is 9.91. The molecule has 3 heterocycles. The van der Waals surface area contributed by atoms with E-state index >= 15 is 0 Å². The van der Waals surface area contributed by atoms with Crippen LogP contribution in [0.3, 0.4) is 0 Å². The van der Waals surface area contributed by atoms with Crippen LogP contribution in [-0.4, -0.2) is 42.2 Å². The third-order valence-corrected chi connectivity index (χ3v) is 7.01. The van der Waals surface area contributed by atoms with E-state index < -0.39 is 12.1 Å². The molecule has 0 saturated carbocycles. The summed E-state index contributed by atoms with van der Waals surface area (Å²) in [7, 11) is 0. The fourth-order valence-corrected chi connectivity index (χ4v) is 4.83. The molecule has 0 unspecified atom stereocenters. The lowest BCUT2D eigenvalue weighted by atomic mass is 10.1. The molecule has 3 N–H and O–H groups in total. The zero-order chi connectivity index (χ0) is 28.8. The highest BCUT2D eigenvalue weighted by Gasteiger charge is 2.38. The van der Waals surface area contributed by atoms with Crippen LogP contribution in [0, 0.1) is 0 Å². The fraction of sp³-hybridized carbons (Fsp3) is 0.103. The molecule has 0 saturated heterocycles. The number of carbonyl (C=O) groups is 1. The van der Waals surface area contributed by atoms with E-state index in [0.29, 0.717) is 6.54 Å². The highest BCUT2D eigenvalue weighted by atomic mass is 32.1. The third kappa shape index (κ3) is 7.04. The quantitative estimate of drug-likeness (QED) is 0.201. The minimum Gasteiger partial charge on any atom is -0.475 e. The zero-order valence-electron chi connectivity index (χ0n) is 21.3. The summed E-state index contributed by atoms with van der Waals surface area (Å²) in [4.78, 5) is 21.1. The molecule has 41 heavy (non-hydrogen) atoms. The number of aromatic nitrogens is 5.